The van der Waals surface area contributed by atoms with E-state index in [0.29, 0.717) is 18.7 Å². The fourth-order valence-electron chi connectivity index (χ4n) is 0.420. The Morgan fingerprint density at radius 3 is 2.11 bits per heavy atom. The summed E-state index contributed by atoms with van der Waals surface area (Å²) in [6, 6.07) is 0. The van der Waals surface area contributed by atoms with Gasteiger partial charge in [-0.2, -0.15) is 8.78 Å². The van der Waals surface area contributed by atoms with Crippen molar-refractivity contribution in [2.75, 3.05) is 5.88 Å². The standard InChI is InChI=1S/C5H8Cl2F2/c6-4-2-1-3-5(7,8)9/h1-4H2. The molecule has 0 aromatic rings. The van der Waals surface area contributed by atoms with Crippen LogP contribution in [0.1, 0.15) is 19.3 Å². The highest BCUT2D eigenvalue weighted by Gasteiger charge is 2.22. The third-order valence-electron chi connectivity index (χ3n) is 0.844. The number of unbranched alkanes of at least 4 members (excludes halogenated alkanes) is 1. The zero-order chi connectivity index (χ0) is 7.33. The highest BCUT2D eigenvalue weighted by Crippen LogP contribution is 2.25. The Morgan fingerprint density at radius 2 is 1.78 bits per heavy atom. The summed E-state index contributed by atoms with van der Waals surface area (Å²) < 4.78 is 23.5. The Balaban J connectivity index is 3.07. The van der Waals surface area contributed by atoms with Gasteiger partial charge in [0.2, 0.25) is 0 Å². The molecule has 0 amide bonds. The van der Waals surface area contributed by atoms with E-state index in [-0.39, 0.29) is 6.42 Å². The van der Waals surface area contributed by atoms with E-state index in [1.807, 2.05) is 0 Å². The van der Waals surface area contributed by atoms with Crippen molar-refractivity contribution in [3.8, 4) is 0 Å². The van der Waals surface area contributed by atoms with E-state index < -0.39 is 5.38 Å². The Morgan fingerprint density at radius 1 is 1.22 bits per heavy atom. The number of alkyl halides is 4. The minimum Gasteiger partial charge on any atom is -0.188 e. The first-order valence-corrected chi connectivity index (χ1v) is 3.60. The molecule has 56 valence electrons. The van der Waals surface area contributed by atoms with Gasteiger partial charge in [-0.05, 0) is 24.4 Å². The molecule has 0 aliphatic heterocycles. The zero-order valence-corrected chi connectivity index (χ0v) is 6.35. The molecule has 0 aliphatic rings. The molecule has 0 aromatic heterocycles. The van der Waals surface area contributed by atoms with Gasteiger partial charge in [0.1, 0.15) is 0 Å². The fraction of sp³-hybridized carbons (Fsp3) is 1.00. The molecule has 0 saturated heterocycles. The second-order valence-electron chi connectivity index (χ2n) is 1.76. The topological polar surface area (TPSA) is 0 Å². The lowest BCUT2D eigenvalue weighted by Gasteiger charge is -2.04. The minimum absolute atomic E-state index is 0.277. The first-order valence-electron chi connectivity index (χ1n) is 2.69. The molecular weight excluding hydrogens is 169 g/mol. The van der Waals surface area contributed by atoms with E-state index in [4.69, 9.17) is 11.6 Å². The molecule has 0 saturated carbocycles. The van der Waals surface area contributed by atoms with Gasteiger partial charge in [-0.1, -0.05) is 0 Å². The zero-order valence-electron chi connectivity index (χ0n) is 4.84. The maximum Gasteiger partial charge on any atom is 0.321 e. The molecule has 0 nitrogen and oxygen atoms in total. The number of halogens is 4. The third kappa shape index (κ3) is 8.44. The Kier molecular flexibility index (Phi) is 4.50. The van der Waals surface area contributed by atoms with Gasteiger partial charge in [0.05, 0.1) is 0 Å². The molecule has 0 bridgehead atoms. The van der Waals surface area contributed by atoms with Crippen LogP contribution in [0.4, 0.5) is 8.78 Å². The SMILES string of the molecule is FC(F)(Cl)CCCCCl. The molecule has 0 spiro atoms. The third-order valence-corrected chi connectivity index (χ3v) is 1.30. The van der Waals surface area contributed by atoms with Crippen molar-refractivity contribution in [3.63, 3.8) is 0 Å². The molecule has 0 rings (SSSR count). The van der Waals surface area contributed by atoms with E-state index in [2.05, 4.69) is 11.6 Å². The van der Waals surface area contributed by atoms with Crippen molar-refractivity contribution < 1.29 is 8.78 Å². The largest absolute Gasteiger partial charge is 0.321 e. The summed E-state index contributed by atoms with van der Waals surface area (Å²) in [7, 11) is 0. The van der Waals surface area contributed by atoms with Gasteiger partial charge >= 0.3 is 5.38 Å². The molecule has 0 heterocycles. The predicted molar refractivity (Wildman–Crippen MR) is 35.4 cm³/mol. The van der Waals surface area contributed by atoms with Crippen molar-refractivity contribution in [2.24, 2.45) is 0 Å². The van der Waals surface area contributed by atoms with Gasteiger partial charge in [-0.25, -0.2) is 0 Å². The fourth-order valence-corrected chi connectivity index (χ4v) is 0.743. The molecular formula is C5H8Cl2F2. The summed E-state index contributed by atoms with van der Waals surface area (Å²) in [6.45, 7) is 0. The Bertz CT molecular complexity index is 69.8. The van der Waals surface area contributed by atoms with E-state index >= 15 is 0 Å². The van der Waals surface area contributed by atoms with Crippen LogP contribution in [0.25, 0.3) is 0 Å². The molecule has 0 aromatic carbocycles. The monoisotopic (exact) mass is 176 g/mol. The molecule has 0 N–H and O–H groups in total. The first-order chi connectivity index (χ1) is 4.06. The lowest BCUT2D eigenvalue weighted by molar-refractivity contribution is 0.0835. The van der Waals surface area contributed by atoms with E-state index in [1.165, 1.54) is 0 Å². The molecule has 0 radical (unpaired) electrons. The molecule has 9 heavy (non-hydrogen) atoms. The minimum atomic E-state index is -3.04. The number of rotatable bonds is 4. The molecule has 0 atom stereocenters. The van der Waals surface area contributed by atoms with Gasteiger partial charge in [0, 0.05) is 12.3 Å². The maximum absolute atomic E-state index is 11.8. The maximum atomic E-state index is 11.8. The normalized spacial score (nSPS) is 12.0. The van der Waals surface area contributed by atoms with Gasteiger partial charge in [0.25, 0.3) is 0 Å². The van der Waals surface area contributed by atoms with Crippen molar-refractivity contribution in [3.05, 3.63) is 0 Å². The van der Waals surface area contributed by atoms with Crippen LogP contribution in [0.15, 0.2) is 0 Å². The van der Waals surface area contributed by atoms with Crippen LogP contribution in [-0.2, 0) is 0 Å². The van der Waals surface area contributed by atoms with Crippen LogP contribution in [0, 0.1) is 0 Å². The Hall–Kier alpha value is 0.440. The van der Waals surface area contributed by atoms with Crippen LogP contribution in [0.2, 0.25) is 0 Å². The highest BCUT2D eigenvalue weighted by atomic mass is 35.5. The first kappa shape index (κ1) is 9.44. The van der Waals surface area contributed by atoms with Gasteiger partial charge in [-0.15, -0.1) is 11.6 Å². The van der Waals surface area contributed by atoms with Gasteiger partial charge in [0.15, 0.2) is 0 Å². The molecule has 0 aliphatic carbocycles. The molecule has 0 fully saturated rings. The van der Waals surface area contributed by atoms with Crippen molar-refractivity contribution >= 4 is 23.2 Å². The molecule has 0 unspecified atom stereocenters. The van der Waals surface area contributed by atoms with E-state index in [1.54, 1.807) is 0 Å². The van der Waals surface area contributed by atoms with Crippen LogP contribution >= 0.6 is 23.2 Å². The predicted octanol–water partition coefficient (Wildman–Crippen LogP) is 3.23. The summed E-state index contributed by atoms with van der Waals surface area (Å²) >= 11 is 9.83. The average molecular weight is 177 g/mol. The summed E-state index contributed by atoms with van der Waals surface area (Å²) in [5.74, 6) is 0.424. The van der Waals surface area contributed by atoms with Crippen molar-refractivity contribution in [2.45, 2.75) is 24.6 Å². The van der Waals surface area contributed by atoms with Gasteiger partial charge in [-0.3, -0.25) is 0 Å². The summed E-state index contributed by atoms with van der Waals surface area (Å²) in [5.41, 5.74) is 0. The lowest BCUT2D eigenvalue weighted by Crippen LogP contribution is -2.04. The summed E-state index contributed by atoms with van der Waals surface area (Å²) in [6.07, 6.45) is 0.713. The summed E-state index contributed by atoms with van der Waals surface area (Å²) in [4.78, 5) is 0. The number of hydrogen-bond acceptors (Lipinski definition) is 0. The smallest absolute Gasteiger partial charge is 0.188 e. The van der Waals surface area contributed by atoms with Crippen LogP contribution in [0.3, 0.4) is 0 Å². The second-order valence-corrected chi connectivity index (χ2v) is 2.69. The van der Waals surface area contributed by atoms with Crippen LogP contribution < -0.4 is 0 Å². The van der Waals surface area contributed by atoms with Crippen LogP contribution in [0.5, 0.6) is 0 Å². The molecule has 4 heteroatoms. The van der Waals surface area contributed by atoms with Crippen molar-refractivity contribution in [1.82, 2.24) is 0 Å². The highest BCUT2D eigenvalue weighted by molar-refractivity contribution is 6.21. The quantitative estimate of drug-likeness (QED) is 0.456. The van der Waals surface area contributed by atoms with E-state index in [9.17, 15) is 8.78 Å². The van der Waals surface area contributed by atoms with Crippen molar-refractivity contribution in [1.29, 1.82) is 0 Å². The van der Waals surface area contributed by atoms with E-state index in [0.717, 1.165) is 0 Å². The van der Waals surface area contributed by atoms with Crippen LogP contribution in [-0.4, -0.2) is 11.3 Å². The Labute approximate surface area is 63.1 Å². The lowest BCUT2D eigenvalue weighted by atomic mass is 10.2. The van der Waals surface area contributed by atoms with Gasteiger partial charge < -0.3 is 0 Å². The summed E-state index contributed by atoms with van der Waals surface area (Å²) in [5, 5.41) is -3.04. The number of hydrogen-bond donors (Lipinski definition) is 0. The second kappa shape index (κ2) is 4.29. The average Bonchev–Trinajstić information content (AvgIpc) is 1.63.